The smallest absolute Gasteiger partial charge is 0.166 e. The Kier molecular flexibility index (Phi) is 7.66. The molecule has 1 aliphatic carbocycles. The van der Waals surface area contributed by atoms with Gasteiger partial charge in [0.15, 0.2) is 5.78 Å². The summed E-state index contributed by atoms with van der Waals surface area (Å²) in [5.74, 6) is 0.778. The molecule has 1 aliphatic rings. The van der Waals surface area contributed by atoms with Crippen molar-refractivity contribution in [2.24, 2.45) is 24.8 Å². The van der Waals surface area contributed by atoms with Gasteiger partial charge in [-0.25, -0.2) is 4.39 Å². The molecule has 184 valence electrons. The van der Waals surface area contributed by atoms with Crippen molar-refractivity contribution >= 4 is 16.7 Å². The van der Waals surface area contributed by atoms with E-state index >= 15 is 0 Å². The average molecular weight is 467 g/mol. The molecule has 0 bridgehead atoms. The standard InChI is InChI=1S/C21H23FN2O.C8H16O/c1-6-15-18(22)9-8-16(20(15)21(25)12(2)3)14-7-10-19-17(11-14)13(4)23-24(19)5;1-6(7-4-5-7)8(2,3)9/h7-12H,6H2,1-5H3;6-7,9H,4-5H2,1-3H3. The third-order valence-electron chi connectivity index (χ3n) is 7.17. The summed E-state index contributed by atoms with van der Waals surface area (Å²) in [5, 5.41) is 15.0. The van der Waals surface area contributed by atoms with Crippen LogP contribution in [0.3, 0.4) is 0 Å². The molecule has 34 heavy (non-hydrogen) atoms. The van der Waals surface area contributed by atoms with Crippen LogP contribution in [0.4, 0.5) is 4.39 Å². The van der Waals surface area contributed by atoms with Gasteiger partial charge in [0.25, 0.3) is 0 Å². The molecule has 4 rings (SSSR count). The van der Waals surface area contributed by atoms with E-state index in [1.54, 1.807) is 6.07 Å². The van der Waals surface area contributed by atoms with Crippen LogP contribution in [0.1, 0.15) is 76.0 Å². The molecule has 1 atom stereocenters. The van der Waals surface area contributed by atoms with Crippen LogP contribution in [-0.2, 0) is 13.5 Å². The maximum Gasteiger partial charge on any atom is 0.166 e. The van der Waals surface area contributed by atoms with E-state index < -0.39 is 5.60 Å². The third kappa shape index (κ3) is 5.41. The first-order chi connectivity index (χ1) is 15.9. The van der Waals surface area contributed by atoms with Gasteiger partial charge in [-0.2, -0.15) is 5.10 Å². The van der Waals surface area contributed by atoms with E-state index in [0.29, 0.717) is 23.5 Å². The van der Waals surface area contributed by atoms with Crippen LogP contribution in [-0.4, -0.2) is 26.3 Å². The van der Waals surface area contributed by atoms with Crippen molar-refractivity contribution in [1.29, 1.82) is 0 Å². The van der Waals surface area contributed by atoms with Gasteiger partial charge < -0.3 is 5.11 Å². The number of aliphatic hydroxyl groups is 1. The largest absolute Gasteiger partial charge is 0.390 e. The van der Waals surface area contributed by atoms with Crippen LogP contribution < -0.4 is 0 Å². The van der Waals surface area contributed by atoms with Gasteiger partial charge >= 0.3 is 0 Å². The van der Waals surface area contributed by atoms with Crippen LogP contribution in [0.25, 0.3) is 22.0 Å². The number of hydrogen-bond donors (Lipinski definition) is 1. The van der Waals surface area contributed by atoms with Crippen LogP contribution >= 0.6 is 0 Å². The average Bonchev–Trinajstić information content (AvgIpc) is 3.58. The van der Waals surface area contributed by atoms with Crippen LogP contribution in [0, 0.1) is 30.5 Å². The molecule has 1 saturated carbocycles. The van der Waals surface area contributed by atoms with Crippen LogP contribution in [0.15, 0.2) is 30.3 Å². The molecule has 1 heterocycles. The molecule has 1 aromatic heterocycles. The van der Waals surface area contributed by atoms with Gasteiger partial charge in [0.05, 0.1) is 16.8 Å². The second-order valence-corrected chi connectivity index (χ2v) is 10.5. The monoisotopic (exact) mass is 466 g/mol. The summed E-state index contributed by atoms with van der Waals surface area (Å²) in [6, 6.07) is 9.21. The molecule has 0 spiro atoms. The molecule has 1 unspecified atom stereocenters. The number of nitrogens with zero attached hydrogens (tertiary/aromatic N) is 2. The molecule has 3 aromatic rings. The Hall–Kier alpha value is -2.53. The lowest BCUT2D eigenvalue weighted by Crippen LogP contribution is -2.29. The number of carbonyl (C=O) groups excluding carboxylic acids is 1. The fourth-order valence-electron chi connectivity index (χ4n) is 4.56. The summed E-state index contributed by atoms with van der Waals surface area (Å²) >= 11 is 0. The number of aromatic nitrogens is 2. The molecular weight excluding hydrogens is 427 g/mol. The zero-order valence-electron chi connectivity index (χ0n) is 21.9. The van der Waals surface area contributed by atoms with Crippen molar-refractivity contribution in [2.75, 3.05) is 0 Å². The molecule has 0 aliphatic heterocycles. The third-order valence-corrected chi connectivity index (χ3v) is 7.17. The van der Waals surface area contributed by atoms with E-state index in [-0.39, 0.29) is 17.5 Å². The minimum Gasteiger partial charge on any atom is -0.390 e. The maximum atomic E-state index is 14.3. The van der Waals surface area contributed by atoms with Crippen molar-refractivity contribution in [1.82, 2.24) is 9.78 Å². The van der Waals surface area contributed by atoms with Gasteiger partial charge in [-0.05, 0) is 86.8 Å². The Bertz CT molecular complexity index is 1180. The van der Waals surface area contributed by atoms with Crippen molar-refractivity contribution in [3.63, 3.8) is 0 Å². The Morgan fingerprint density at radius 3 is 2.35 bits per heavy atom. The van der Waals surface area contributed by atoms with Gasteiger partial charge in [-0.1, -0.05) is 39.8 Å². The van der Waals surface area contributed by atoms with Gasteiger partial charge in [0.2, 0.25) is 0 Å². The number of carbonyl (C=O) groups is 1. The Morgan fingerprint density at radius 1 is 1.21 bits per heavy atom. The topological polar surface area (TPSA) is 55.1 Å². The molecule has 2 aromatic carbocycles. The number of halogens is 1. The van der Waals surface area contributed by atoms with E-state index in [9.17, 15) is 14.3 Å². The molecule has 0 radical (unpaired) electrons. The van der Waals surface area contributed by atoms with E-state index in [4.69, 9.17) is 0 Å². The lowest BCUT2D eigenvalue weighted by molar-refractivity contribution is 0.0155. The van der Waals surface area contributed by atoms with Gasteiger partial charge in [-0.15, -0.1) is 0 Å². The summed E-state index contributed by atoms with van der Waals surface area (Å²) < 4.78 is 16.2. The van der Waals surface area contributed by atoms with Crippen molar-refractivity contribution < 1.29 is 14.3 Å². The highest BCUT2D eigenvalue weighted by molar-refractivity contribution is 6.05. The molecule has 1 N–H and O–H groups in total. The van der Waals surface area contributed by atoms with Crippen LogP contribution in [0.5, 0.6) is 0 Å². The summed E-state index contributed by atoms with van der Waals surface area (Å²) in [5.41, 5.74) is 4.24. The second kappa shape index (κ2) is 9.99. The Morgan fingerprint density at radius 2 is 1.85 bits per heavy atom. The number of benzene rings is 2. The quantitative estimate of drug-likeness (QED) is 0.402. The first-order valence-corrected chi connectivity index (χ1v) is 12.4. The highest BCUT2D eigenvalue weighted by Gasteiger charge is 2.36. The number of aryl methyl sites for hydroxylation is 2. The first-order valence-electron chi connectivity index (χ1n) is 12.4. The molecule has 4 nitrogen and oxygen atoms in total. The minimum absolute atomic E-state index is 0.0191. The van der Waals surface area contributed by atoms with Crippen molar-refractivity contribution in [2.45, 2.75) is 73.3 Å². The van der Waals surface area contributed by atoms with E-state index in [1.807, 2.05) is 71.5 Å². The number of Topliss-reactive ketones (excluding diaryl/α,β-unsaturated/α-hetero) is 1. The van der Waals surface area contributed by atoms with E-state index in [0.717, 1.165) is 33.6 Å². The number of rotatable bonds is 6. The Labute approximate surface area is 203 Å². The normalized spacial score (nSPS) is 14.8. The van der Waals surface area contributed by atoms with E-state index in [2.05, 4.69) is 12.0 Å². The highest BCUT2D eigenvalue weighted by atomic mass is 19.1. The molecule has 0 saturated heterocycles. The lowest BCUT2D eigenvalue weighted by atomic mass is 9.87. The van der Waals surface area contributed by atoms with Gasteiger partial charge in [0, 0.05) is 23.9 Å². The fourth-order valence-corrected chi connectivity index (χ4v) is 4.56. The fraction of sp³-hybridized carbons (Fsp3) is 0.517. The molecule has 0 amide bonds. The van der Waals surface area contributed by atoms with Gasteiger partial charge in [0.1, 0.15) is 5.82 Å². The zero-order valence-corrected chi connectivity index (χ0v) is 21.9. The number of fused-ring (bicyclic) bond motifs is 1. The maximum absolute atomic E-state index is 14.3. The zero-order chi connectivity index (χ0) is 25.4. The SMILES string of the molecule is CC(C1CC1)C(C)(C)O.CCc1c(F)ccc(-c2ccc3c(c2)c(C)nn3C)c1C(=O)C(C)C. The molecule has 5 heteroatoms. The predicted octanol–water partition coefficient (Wildman–Crippen LogP) is 6.89. The summed E-state index contributed by atoms with van der Waals surface area (Å²) in [4.78, 5) is 12.8. The van der Waals surface area contributed by atoms with Gasteiger partial charge in [-0.3, -0.25) is 9.48 Å². The minimum atomic E-state index is -0.457. The number of hydrogen-bond acceptors (Lipinski definition) is 3. The second-order valence-electron chi connectivity index (χ2n) is 10.5. The predicted molar refractivity (Wildman–Crippen MR) is 138 cm³/mol. The van der Waals surface area contributed by atoms with Crippen molar-refractivity contribution in [3.05, 3.63) is 53.0 Å². The summed E-state index contributed by atoms with van der Waals surface area (Å²) in [6.45, 7) is 13.5. The van der Waals surface area contributed by atoms with Crippen molar-refractivity contribution in [3.8, 4) is 11.1 Å². The summed E-state index contributed by atoms with van der Waals surface area (Å²) in [6.07, 6.45) is 3.14. The van der Waals surface area contributed by atoms with Crippen LogP contribution in [0.2, 0.25) is 0 Å². The first kappa shape index (κ1) is 26.1. The highest BCUT2D eigenvalue weighted by Crippen LogP contribution is 2.41. The lowest BCUT2D eigenvalue weighted by Gasteiger charge is -2.25. The summed E-state index contributed by atoms with van der Waals surface area (Å²) in [7, 11) is 1.91. The molecule has 1 fully saturated rings. The molecular formula is C29H39FN2O2. The number of ketones is 1. The van der Waals surface area contributed by atoms with E-state index in [1.165, 1.54) is 18.9 Å². The Balaban J connectivity index is 0.000000302.